The molecule has 2 rings (SSSR count). The Bertz CT molecular complexity index is 544. The van der Waals surface area contributed by atoms with Crippen molar-refractivity contribution in [2.75, 3.05) is 7.05 Å². The molecule has 1 saturated heterocycles. The van der Waals surface area contributed by atoms with Crippen molar-refractivity contribution in [3.8, 4) is 0 Å². The van der Waals surface area contributed by atoms with Crippen molar-refractivity contribution in [3.63, 3.8) is 0 Å². The minimum absolute atomic E-state index is 0.187. The van der Waals surface area contributed by atoms with Crippen molar-refractivity contribution >= 4 is 50.4 Å². The number of hydrogen-bond donors (Lipinski definition) is 1. The second-order valence-electron chi connectivity index (χ2n) is 3.97. The topological polar surface area (TPSA) is 70.0 Å². The molecule has 0 radical (unpaired) electrons. The average Bonchev–Trinajstić information content (AvgIpc) is 2.60. The molecule has 1 aliphatic heterocycles. The van der Waals surface area contributed by atoms with Crippen LogP contribution < -0.4 is 0 Å². The van der Waals surface area contributed by atoms with Gasteiger partial charge in [0.2, 0.25) is 5.91 Å². The Kier molecular flexibility index (Phi) is 4.26. The second-order valence-corrected chi connectivity index (χ2v) is 6.06. The Labute approximate surface area is 122 Å². The molecule has 0 saturated carbocycles. The third-order valence-electron chi connectivity index (χ3n) is 2.55. The quantitative estimate of drug-likeness (QED) is 0.915. The number of nitrogens with zero attached hydrogens (tertiary/aromatic N) is 2. The number of aliphatic imine (C=N–C) groups is 1. The molecule has 19 heavy (non-hydrogen) atoms. The first-order chi connectivity index (χ1) is 8.97. The molecule has 1 aliphatic rings. The summed E-state index contributed by atoms with van der Waals surface area (Å²) in [6.07, 6.45) is -0.187. The first-order valence-corrected chi connectivity index (χ1v) is 7.15. The summed E-state index contributed by atoms with van der Waals surface area (Å²) in [5, 5.41) is 8.70. The smallest absolute Gasteiger partial charge is 0.305 e. The molecule has 1 aromatic rings. The van der Waals surface area contributed by atoms with Gasteiger partial charge < -0.3 is 5.11 Å². The lowest BCUT2D eigenvalue weighted by Crippen LogP contribution is -2.28. The van der Waals surface area contributed by atoms with Crippen LogP contribution in [0, 0.1) is 0 Å². The lowest BCUT2D eigenvalue weighted by molar-refractivity contribution is -0.139. The standard InChI is InChI=1S/C12H11BrN2O3S/c1-15-11(18)9(6-10(16)17)19-12(15)14-8-4-2-7(13)3-5-8/h2-5,9H,6H2,1H3,(H,16,17)/t9-/m1/s1. The summed E-state index contributed by atoms with van der Waals surface area (Å²) in [7, 11) is 1.61. The van der Waals surface area contributed by atoms with Gasteiger partial charge in [0.05, 0.1) is 12.1 Å². The molecule has 0 spiro atoms. The third kappa shape index (κ3) is 3.36. The van der Waals surface area contributed by atoms with E-state index in [1.54, 1.807) is 7.05 Å². The van der Waals surface area contributed by atoms with E-state index in [1.807, 2.05) is 24.3 Å². The molecule has 100 valence electrons. The Morgan fingerprint density at radius 1 is 1.47 bits per heavy atom. The van der Waals surface area contributed by atoms with E-state index in [9.17, 15) is 9.59 Å². The van der Waals surface area contributed by atoms with Crippen LogP contribution in [0.15, 0.2) is 33.7 Å². The largest absolute Gasteiger partial charge is 0.481 e. The van der Waals surface area contributed by atoms with Gasteiger partial charge >= 0.3 is 5.97 Å². The predicted octanol–water partition coefficient (Wildman–Crippen LogP) is 2.49. The van der Waals surface area contributed by atoms with Crippen molar-refractivity contribution in [2.45, 2.75) is 11.7 Å². The van der Waals surface area contributed by atoms with Crippen molar-refractivity contribution in [3.05, 3.63) is 28.7 Å². The molecule has 1 aromatic carbocycles. The number of halogens is 1. The molecule has 0 bridgehead atoms. The zero-order valence-corrected chi connectivity index (χ0v) is 12.4. The number of rotatable bonds is 3. The Hall–Kier alpha value is -1.34. The molecule has 1 amide bonds. The van der Waals surface area contributed by atoms with Crippen LogP contribution in [0.25, 0.3) is 0 Å². The molecule has 1 fully saturated rings. The van der Waals surface area contributed by atoms with E-state index in [0.29, 0.717) is 5.17 Å². The molecule has 7 heteroatoms. The van der Waals surface area contributed by atoms with Crippen LogP contribution in [0.3, 0.4) is 0 Å². The SMILES string of the molecule is CN1C(=O)[C@@H](CC(=O)O)SC1=Nc1ccc(Br)cc1. The van der Waals surface area contributed by atoms with E-state index in [0.717, 1.165) is 10.2 Å². The molecule has 5 nitrogen and oxygen atoms in total. The van der Waals surface area contributed by atoms with Crippen molar-refractivity contribution in [1.82, 2.24) is 4.90 Å². The molecule has 0 unspecified atom stereocenters. The van der Waals surface area contributed by atoms with Gasteiger partial charge in [-0.05, 0) is 24.3 Å². The number of carbonyl (C=O) groups excluding carboxylic acids is 1. The molecule has 0 aliphatic carbocycles. The number of hydrogen-bond acceptors (Lipinski definition) is 4. The fraction of sp³-hybridized carbons (Fsp3) is 0.250. The zero-order valence-electron chi connectivity index (χ0n) is 10.0. The number of aliphatic carboxylic acids is 1. The zero-order chi connectivity index (χ0) is 14.0. The van der Waals surface area contributed by atoms with Crippen LogP contribution in [0.1, 0.15) is 6.42 Å². The van der Waals surface area contributed by atoms with Gasteiger partial charge in [0.15, 0.2) is 5.17 Å². The fourth-order valence-electron chi connectivity index (χ4n) is 1.58. The minimum Gasteiger partial charge on any atom is -0.481 e. The van der Waals surface area contributed by atoms with E-state index < -0.39 is 11.2 Å². The molecule has 1 heterocycles. The van der Waals surface area contributed by atoms with Crippen LogP contribution in [-0.4, -0.2) is 39.3 Å². The van der Waals surface area contributed by atoms with Gasteiger partial charge in [-0.2, -0.15) is 0 Å². The van der Waals surface area contributed by atoms with Crippen LogP contribution >= 0.6 is 27.7 Å². The first-order valence-electron chi connectivity index (χ1n) is 5.47. The van der Waals surface area contributed by atoms with E-state index in [2.05, 4.69) is 20.9 Å². The maximum atomic E-state index is 11.8. The Morgan fingerprint density at radius 2 is 2.11 bits per heavy atom. The third-order valence-corrected chi connectivity index (χ3v) is 4.31. The summed E-state index contributed by atoms with van der Waals surface area (Å²) >= 11 is 4.52. The predicted molar refractivity (Wildman–Crippen MR) is 77.6 cm³/mol. The summed E-state index contributed by atoms with van der Waals surface area (Å²) in [5.74, 6) is -1.20. The lowest BCUT2D eigenvalue weighted by Gasteiger charge is -2.08. The van der Waals surface area contributed by atoms with Crippen molar-refractivity contribution in [2.24, 2.45) is 4.99 Å². The van der Waals surface area contributed by atoms with E-state index in [-0.39, 0.29) is 12.3 Å². The summed E-state index contributed by atoms with van der Waals surface area (Å²) in [6.45, 7) is 0. The van der Waals surface area contributed by atoms with Gasteiger partial charge in [-0.1, -0.05) is 27.7 Å². The highest BCUT2D eigenvalue weighted by molar-refractivity contribution is 9.10. The summed E-state index contributed by atoms with van der Waals surface area (Å²) < 4.78 is 0.948. The minimum atomic E-state index is -0.982. The monoisotopic (exact) mass is 342 g/mol. The Morgan fingerprint density at radius 3 is 2.68 bits per heavy atom. The molecular formula is C12H11BrN2O3S. The van der Waals surface area contributed by atoms with Gasteiger partial charge in [-0.3, -0.25) is 14.5 Å². The number of benzene rings is 1. The maximum absolute atomic E-state index is 11.8. The number of amidine groups is 1. The summed E-state index contributed by atoms with van der Waals surface area (Å²) in [5.41, 5.74) is 0.723. The maximum Gasteiger partial charge on any atom is 0.305 e. The van der Waals surface area contributed by atoms with Crippen molar-refractivity contribution < 1.29 is 14.7 Å². The van der Waals surface area contributed by atoms with Gasteiger partial charge in [0.1, 0.15) is 5.25 Å². The highest BCUT2D eigenvalue weighted by atomic mass is 79.9. The van der Waals surface area contributed by atoms with E-state index in [4.69, 9.17) is 5.11 Å². The number of carboxylic acid groups (broad SMARTS) is 1. The lowest BCUT2D eigenvalue weighted by atomic mass is 10.3. The average molecular weight is 343 g/mol. The number of thioether (sulfide) groups is 1. The van der Waals surface area contributed by atoms with Gasteiger partial charge in [0, 0.05) is 11.5 Å². The van der Waals surface area contributed by atoms with Crippen LogP contribution in [-0.2, 0) is 9.59 Å². The van der Waals surface area contributed by atoms with Crippen LogP contribution in [0.2, 0.25) is 0 Å². The van der Waals surface area contributed by atoms with Gasteiger partial charge in [-0.25, -0.2) is 4.99 Å². The fourth-order valence-corrected chi connectivity index (χ4v) is 2.99. The van der Waals surface area contributed by atoms with Crippen molar-refractivity contribution in [1.29, 1.82) is 0 Å². The molecule has 0 aromatic heterocycles. The highest BCUT2D eigenvalue weighted by Crippen LogP contribution is 2.30. The molecular weight excluding hydrogens is 332 g/mol. The molecule has 1 atom stereocenters. The summed E-state index contributed by atoms with van der Waals surface area (Å²) in [4.78, 5) is 28.3. The van der Waals surface area contributed by atoms with E-state index >= 15 is 0 Å². The molecule has 1 N–H and O–H groups in total. The number of carboxylic acids is 1. The first kappa shape index (κ1) is 14.1. The van der Waals surface area contributed by atoms with Crippen LogP contribution in [0.4, 0.5) is 5.69 Å². The normalized spacial score (nSPS) is 21.2. The number of carbonyl (C=O) groups is 2. The highest BCUT2D eigenvalue weighted by Gasteiger charge is 2.36. The Balaban J connectivity index is 2.19. The summed E-state index contributed by atoms with van der Waals surface area (Å²) in [6, 6.07) is 7.35. The second kappa shape index (κ2) is 5.75. The van der Waals surface area contributed by atoms with E-state index in [1.165, 1.54) is 16.7 Å². The number of amides is 1. The van der Waals surface area contributed by atoms with Gasteiger partial charge in [-0.15, -0.1) is 0 Å². The van der Waals surface area contributed by atoms with Crippen LogP contribution in [0.5, 0.6) is 0 Å². The van der Waals surface area contributed by atoms with Gasteiger partial charge in [0.25, 0.3) is 0 Å².